The predicted octanol–water partition coefficient (Wildman–Crippen LogP) is 3.64. The van der Waals surface area contributed by atoms with Crippen molar-refractivity contribution in [2.75, 3.05) is 18.0 Å². The molecule has 0 radical (unpaired) electrons. The molecule has 6 heteroatoms. The number of carbonyl (C=O) groups excluding carboxylic acids is 1. The van der Waals surface area contributed by atoms with E-state index in [1.807, 2.05) is 48.5 Å². The van der Waals surface area contributed by atoms with Gasteiger partial charge in [0, 0.05) is 35.1 Å². The summed E-state index contributed by atoms with van der Waals surface area (Å²) in [6.07, 6.45) is 0.862. The maximum Gasteiger partial charge on any atom is 0.250 e. The Morgan fingerprint density at radius 2 is 2.04 bits per heavy atom. The summed E-state index contributed by atoms with van der Waals surface area (Å²) in [5, 5.41) is 1.67. The Kier molecular flexibility index (Phi) is 4.39. The quantitative estimate of drug-likeness (QED) is 0.764. The highest BCUT2D eigenvalue weighted by molar-refractivity contribution is 6.31. The highest BCUT2D eigenvalue weighted by atomic mass is 35.5. The molecular weight excluding hydrogens is 350 g/mol. The summed E-state index contributed by atoms with van der Waals surface area (Å²) >= 11 is 6.01. The van der Waals surface area contributed by atoms with Gasteiger partial charge in [0.05, 0.1) is 17.6 Å². The van der Waals surface area contributed by atoms with E-state index in [-0.39, 0.29) is 6.10 Å². The van der Waals surface area contributed by atoms with Gasteiger partial charge in [-0.15, -0.1) is 0 Å². The van der Waals surface area contributed by atoms with E-state index in [4.69, 9.17) is 22.1 Å². The van der Waals surface area contributed by atoms with Crippen molar-refractivity contribution in [3.63, 3.8) is 0 Å². The van der Waals surface area contributed by atoms with Gasteiger partial charge in [-0.3, -0.25) is 4.79 Å². The molecule has 5 nitrogen and oxygen atoms in total. The maximum atomic E-state index is 11.6. The molecule has 2 heterocycles. The summed E-state index contributed by atoms with van der Waals surface area (Å²) in [6.45, 7) is 1.49. The van der Waals surface area contributed by atoms with Gasteiger partial charge in [0.25, 0.3) is 5.91 Å². The zero-order valence-electron chi connectivity index (χ0n) is 14.1. The molecule has 0 bridgehead atoms. The number of carbonyl (C=O) groups is 1. The number of halogens is 1. The van der Waals surface area contributed by atoms with E-state index < -0.39 is 5.91 Å². The van der Waals surface area contributed by atoms with Crippen molar-refractivity contribution in [3.05, 3.63) is 65.2 Å². The molecule has 4 rings (SSSR count). The van der Waals surface area contributed by atoms with Crippen LogP contribution in [-0.4, -0.2) is 30.1 Å². The Bertz CT molecular complexity index is 976. The number of fused-ring (bicyclic) bond motifs is 1. The largest absolute Gasteiger partial charge is 0.472 e. The number of benzene rings is 2. The van der Waals surface area contributed by atoms with Crippen molar-refractivity contribution >= 4 is 34.1 Å². The van der Waals surface area contributed by atoms with Crippen LogP contribution in [0.5, 0.6) is 5.88 Å². The van der Waals surface area contributed by atoms with Crippen LogP contribution in [0.3, 0.4) is 0 Å². The summed E-state index contributed by atoms with van der Waals surface area (Å²) < 4.78 is 6.06. The van der Waals surface area contributed by atoms with Crippen molar-refractivity contribution in [1.82, 2.24) is 4.98 Å². The minimum Gasteiger partial charge on any atom is -0.472 e. The molecule has 1 atom stereocenters. The lowest BCUT2D eigenvalue weighted by atomic mass is 10.1. The number of nitrogens with zero attached hydrogens (tertiary/aromatic N) is 2. The van der Waals surface area contributed by atoms with Crippen LogP contribution in [0.15, 0.2) is 54.6 Å². The van der Waals surface area contributed by atoms with E-state index in [9.17, 15) is 4.79 Å². The van der Waals surface area contributed by atoms with E-state index in [2.05, 4.69) is 9.88 Å². The second-order valence-corrected chi connectivity index (χ2v) is 6.78. The first-order valence-electron chi connectivity index (χ1n) is 8.47. The Labute approximate surface area is 156 Å². The summed E-state index contributed by atoms with van der Waals surface area (Å²) in [5.41, 5.74) is 7.73. The van der Waals surface area contributed by atoms with Gasteiger partial charge in [-0.1, -0.05) is 23.7 Å². The zero-order valence-corrected chi connectivity index (χ0v) is 14.8. The molecule has 0 unspecified atom stereocenters. The molecule has 2 aromatic carbocycles. The predicted molar refractivity (Wildman–Crippen MR) is 103 cm³/mol. The second-order valence-electron chi connectivity index (χ2n) is 6.34. The van der Waals surface area contributed by atoms with Gasteiger partial charge in [-0.25, -0.2) is 4.98 Å². The van der Waals surface area contributed by atoms with Gasteiger partial charge < -0.3 is 15.4 Å². The summed E-state index contributed by atoms with van der Waals surface area (Å²) in [5.74, 6) is 0.176. The standard InChI is InChI=1S/C20H18ClN3O2/c21-14-6-7-17-13(11-14)5-8-19(23-17)26-15-9-10-24(12-15)18-4-2-1-3-16(18)20(22)25/h1-8,11,15H,9-10,12H2,(H2,22,25)/t15-/m1/s1. The van der Waals surface area contributed by atoms with Crippen LogP contribution in [0.25, 0.3) is 10.9 Å². The smallest absolute Gasteiger partial charge is 0.250 e. The third-order valence-corrected chi connectivity index (χ3v) is 4.80. The van der Waals surface area contributed by atoms with Crippen molar-refractivity contribution in [2.24, 2.45) is 5.73 Å². The van der Waals surface area contributed by atoms with Crippen molar-refractivity contribution in [2.45, 2.75) is 12.5 Å². The third kappa shape index (κ3) is 3.30. The van der Waals surface area contributed by atoms with E-state index in [1.165, 1.54) is 0 Å². The molecule has 1 saturated heterocycles. The molecule has 0 aliphatic carbocycles. The molecule has 0 spiro atoms. The Hall–Kier alpha value is -2.79. The molecule has 0 saturated carbocycles. The molecular formula is C20H18ClN3O2. The molecule has 3 aromatic rings. The molecule has 1 amide bonds. The van der Waals surface area contributed by atoms with Crippen LogP contribution in [0.2, 0.25) is 5.02 Å². The lowest BCUT2D eigenvalue weighted by molar-refractivity contribution is 0.100. The third-order valence-electron chi connectivity index (χ3n) is 4.57. The molecule has 2 N–H and O–H groups in total. The fourth-order valence-corrected chi connectivity index (χ4v) is 3.50. The van der Waals surface area contributed by atoms with Crippen LogP contribution in [0.4, 0.5) is 5.69 Å². The average molecular weight is 368 g/mol. The highest BCUT2D eigenvalue weighted by Gasteiger charge is 2.26. The summed E-state index contributed by atoms with van der Waals surface area (Å²) in [6, 6.07) is 16.8. The van der Waals surface area contributed by atoms with Crippen LogP contribution >= 0.6 is 11.6 Å². The minimum atomic E-state index is -0.417. The van der Waals surface area contributed by atoms with E-state index in [0.717, 1.165) is 29.6 Å². The lowest BCUT2D eigenvalue weighted by Gasteiger charge is -2.21. The first-order chi connectivity index (χ1) is 12.6. The lowest BCUT2D eigenvalue weighted by Crippen LogP contribution is -2.27. The number of hydrogen-bond donors (Lipinski definition) is 1. The molecule has 1 aliphatic rings. The fourth-order valence-electron chi connectivity index (χ4n) is 3.32. The van der Waals surface area contributed by atoms with Crippen molar-refractivity contribution in [3.8, 4) is 5.88 Å². The normalized spacial score (nSPS) is 16.8. The van der Waals surface area contributed by atoms with Gasteiger partial charge in [0.15, 0.2) is 0 Å². The number of anilines is 1. The Morgan fingerprint density at radius 1 is 1.19 bits per heavy atom. The monoisotopic (exact) mass is 367 g/mol. The first-order valence-corrected chi connectivity index (χ1v) is 8.85. The van der Waals surface area contributed by atoms with Crippen LogP contribution in [0, 0.1) is 0 Å². The molecule has 132 valence electrons. The van der Waals surface area contributed by atoms with Crippen molar-refractivity contribution < 1.29 is 9.53 Å². The first kappa shape index (κ1) is 16.7. The van der Waals surface area contributed by atoms with E-state index in [0.29, 0.717) is 23.0 Å². The van der Waals surface area contributed by atoms with Crippen LogP contribution < -0.4 is 15.4 Å². The summed E-state index contributed by atoms with van der Waals surface area (Å²) in [4.78, 5) is 18.3. The Morgan fingerprint density at radius 3 is 2.88 bits per heavy atom. The molecule has 26 heavy (non-hydrogen) atoms. The number of rotatable bonds is 4. The number of ether oxygens (including phenoxy) is 1. The number of para-hydroxylation sites is 1. The van der Waals surface area contributed by atoms with E-state index in [1.54, 1.807) is 6.07 Å². The van der Waals surface area contributed by atoms with Gasteiger partial charge in [-0.05, 0) is 36.4 Å². The topological polar surface area (TPSA) is 68.5 Å². The van der Waals surface area contributed by atoms with Gasteiger partial charge in [0.1, 0.15) is 6.10 Å². The fraction of sp³-hybridized carbons (Fsp3) is 0.200. The van der Waals surface area contributed by atoms with Gasteiger partial charge >= 0.3 is 0 Å². The zero-order chi connectivity index (χ0) is 18.1. The molecule has 1 fully saturated rings. The summed E-state index contributed by atoms with van der Waals surface area (Å²) in [7, 11) is 0. The Balaban J connectivity index is 1.50. The highest BCUT2D eigenvalue weighted by Crippen LogP contribution is 2.27. The van der Waals surface area contributed by atoms with Crippen molar-refractivity contribution in [1.29, 1.82) is 0 Å². The number of nitrogens with two attached hydrogens (primary N) is 1. The minimum absolute atomic E-state index is 0.00758. The maximum absolute atomic E-state index is 11.6. The number of aromatic nitrogens is 1. The van der Waals surface area contributed by atoms with Gasteiger partial charge in [-0.2, -0.15) is 0 Å². The number of amides is 1. The molecule has 1 aromatic heterocycles. The number of primary amides is 1. The number of pyridine rings is 1. The number of hydrogen-bond acceptors (Lipinski definition) is 4. The van der Waals surface area contributed by atoms with Crippen LogP contribution in [-0.2, 0) is 0 Å². The molecule has 1 aliphatic heterocycles. The van der Waals surface area contributed by atoms with Crippen LogP contribution in [0.1, 0.15) is 16.8 Å². The SMILES string of the molecule is NC(=O)c1ccccc1N1CC[C@@H](Oc2ccc3cc(Cl)ccc3n2)C1. The second kappa shape index (κ2) is 6.84. The average Bonchev–Trinajstić information content (AvgIpc) is 3.10. The van der Waals surface area contributed by atoms with Gasteiger partial charge in [0.2, 0.25) is 5.88 Å². The van der Waals surface area contributed by atoms with E-state index >= 15 is 0 Å².